The van der Waals surface area contributed by atoms with Gasteiger partial charge in [0.1, 0.15) is 5.58 Å². The minimum absolute atomic E-state index is 0.118. The molecule has 3 aromatic rings. The van der Waals surface area contributed by atoms with Crippen molar-refractivity contribution in [3.8, 4) is 0 Å². The number of nitrogens with one attached hydrogen (secondary N) is 1. The van der Waals surface area contributed by atoms with Gasteiger partial charge in [-0.3, -0.25) is 9.59 Å². The van der Waals surface area contributed by atoms with Gasteiger partial charge in [-0.2, -0.15) is 0 Å². The van der Waals surface area contributed by atoms with Crippen LogP contribution in [0.15, 0.2) is 50.1 Å². The summed E-state index contributed by atoms with van der Waals surface area (Å²) in [6.07, 6.45) is 0. The standard InChI is InChI=1S/C19H14BrNO3/c1-9-7-10(2)17-13(8-9)16(22)14-15(21-19(23)18(14)24-17)11-3-5-12(20)6-4-11/h3-8,15H,1-2H3,(H,21,23). The number of amides is 1. The van der Waals surface area contributed by atoms with Crippen LogP contribution < -0.4 is 10.7 Å². The lowest BCUT2D eigenvalue weighted by molar-refractivity contribution is 0.0938. The number of fused-ring (bicyclic) bond motifs is 2. The Morgan fingerprint density at radius 1 is 1.08 bits per heavy atom. The number of carbonyl (C=O) groups excluding carboxylic acids is 1. The second-order valence-corrected chi connectivity index (χ2v) is 7.01. The molecule has 1 aliphatic heterocycles. The van der Waals surface area contributed by atoms with Crippen LogP contribution in [0.3, 0.4) is 0 Å². The molecular formula is C19H14BrNO3. The van der Waals surface area contributed by atoms with Gasteiger partial charge in [0.05, 0.1) is 17.0 Å². The molecule has 1 aromatic heterocycles. The zero-order valence-corrected chi connectivity index (χ0v) is 14.7. The molecule has 1 aliphatic rings. The Kier molecular flexibility index (Phi) is 3.35. The summed E-state index contributed by atoms with van der Waals surface area (Å²) < 4.78 is 6.77. The van der Waals surface area contributed by atoms with Crippen LogP contribution in [0.1, 0.15) is 38.9 Å². The normalized spacial score (nSPS) is 16.3. The topological polar surface area (TPSA) is 59.3 Å². The molecule has 2 heterocycles. The summed E-state index contributed by atoms with van der Waals surface area (Å²) in [6.45, 7) is 3.82. The number of hydrogen-bond donors (Lipinski definition) is 1. The summed E-state index contributed by atoms with van der Waals surface area (Å²) in [7, 11) is 0. The average Bonchev–Trinajstić information content (AvgIpc) is 2.87. The van der Waals surface area contributed by atoms with E-state index in [-0.39, 0.29) is 17.1 Å². The van der Waals surface area contributed by atoms with E-state index in [1.807, 2.05) is 50.2 Å². The Morgan fingerprint density at radius 3 is 2.50 bits per heavy atom. The lowest BCUT2D eigenvalue weighted by Gasteiger charge is -2.12. The van der Waals surface area contributed by atoms with Gasteiger partial charge in [0.15, 0.2) is 5.43 Å². The SMILES string of the molecule is Cc1cc(C)c2oc3c(c(=O)c2c1)C(c1ccc(Br)cc1)NC3=O. The van der Waals surface area contributed by atoms with E-state index in [0.29, 0.717) is 16.5 Å². The van der Waals surface area contributed by atoms with E-state index in [2.05, 4.69) is 21.2 Å². The van der Waals surface area contributed by atoms with Crippen LogP contribution in [0, 0.1) is 13.8 Å². The van der Waals surface area contributed by atoms with Gasteiger partial charge in [-0.15, -0.1) is 0 Å². The van der Waals surface area contributed by atoms with Crippen LogP contribution in [-0.4, -0.2) is 5.91 Å². The van der Waals surface area contributed by atoms with E-state index in [0.717, 1.165) is 21.2 Å². The molecule has 24 heavy (non-hydrogen) atoms. The summed E-state index contributed by atoms with van der Waals surface area (Å²) in [5.41, 5.74) is 3.41. The second kappa shape index (κ2) is 5.31. The highest BCUT2D eigenvalue weighted by Crippen LogP contribution is 2.32. The molecule has 0 fully saturated rings. The van der Waals surface area contributed by atoms with E-state index >= 15 is 0 Å². The van der Waals surface area contributed by atoms with Gasteiger partial charge in [0.25, 0.3) is 5.91 Å². The van der Waals surface area contributed by atoms with Gasteiger partial charge in [0, 0.05) is 4.47 Å². The summed E-state index contributed by atoms with van der Waals surface area (Å²) in [4.78, 5) is 25.4. The first-order valence-corrected chi connectivity index (χ1v) is 8.39. The van der Waals surface area contributed by atoms with Gasteiger partial charge in [-0.1, -0.05) is 34.1 Å². The molecule has 1 atom stereocenters. The monoisotopic (exact) mass is 383 g/mol. The van der Waals surface area contributed by atoms with Crippen LogP contribution >= 0.6 is 15.9 Å². The molecule has 5 heteroatoms. The van der Waals surface area contributed by atoms with E-state index in [1.165, 1.54) is 0 Å². The Bertz CT molecular complexity index is 1050. The summed E-state index contributed by atoms with van der Waals surface area (Å²) in [6, 6.07) is 10.8. The molecule has 4 rings (SSSR count). The maximum Gasteiger partial charge on any atom is 0.288 e. The number of aryl methyl sites for hydroxylation is 2. The molecule has 2 aromatic carbocycles. The number of hydrogen-bond acceptors (Lipinski definition) is 3. The number of rotatable bonds is 1. The van der Waals surface area contributed by atoms with Crippen molar-refractivity contribution < 1.29 is 9.21 Å². The molecular weight excluding hydrogens is 370 g/mol. The number of benzene rings is 2. The molecule has 1 amide bonds. The zero-order chi connectivity index (χ0) is 17.0. The maximum atomic E-state index is 13.1. The summed E-state index contributed by atoms with van der Waals surface area (Å²) in [5.74, 6) is -0.232. The van der Waals surface area contributed by atoms with Crippen molar-refractivity contribution in [3.63, 3.8) is 0 Å². The fourth-order valence-electron chi connectivity index (χ4n) is 3.27. The second-order valence-electron chi connectivity index (χ2n) is 6.09. The first-order valence-electron chi connectivity index (χ1n) is 7.60. The molecule has 1 unspecified atom stereocenters. The van der Waals surface area contributed by atoms with Gasteiger partial charge in [-0.05, 0) is 48.7 Å². The first-order chi connectivity index (χ1) is 11.5. The van der Waals surface area contributed by atoms with Crippen LogP contribution in [-0.2, 0) is 0 Å². The van der Waals surface area contributed by atoms with Crippen molar-refractivity contribution in [1.29, 1.82) is 0 Å². The van der Waals surface area contributed by atoms with Crippen LogP contribution in [0.2, 0.25) is 0 Å². The van der Waals surface area contributed by atoms with Crippen molar-refractivity contribution in [1.82, 2.24) is 5.32 Å². The fourth-order valence-corrected chi connectivity index (χ4v) is 3.53. The van der Waals surface area contributed by atoms with Crippen molar-refractivity contribution >= 4 is 32.8 Å². The van der Waals surface area contributed by atoms with Crippen molar-refractivity contribution in [2.45, 2.75) is 19.9 Å². The first kappa shape index (κ1) is 15.1. The molecule has 0 aliphatic carbocycles. The van der Waals surface area contributed by atoms with Crippen LogP contribution in [0.4, 0.5) is 0 Å². The molecule has 0 saturated heterocycles. The number of carbonyl (C=O) groups is 1. The third-order valence-corrected chi connectivity index (χ3v) is 4.86. The largest absolute Gasteiger partial charge is 0.450 e. The van der Waals surface area contributed by atoms with Crippen LogP contribution in [0.25, 0.3) is 11.0 Å². The Morgan fingerprint density at radius 2 is 1.79 bits per heavy atom. The predicted molar refractivity (Wildman–Crippen MR) is 95.4 cm³/mol. The van der Waals surface area contributed by atoms with Gasteiger partial charge in [-0.25, -0.2) is 0 Å². The molecule has 0 saturated carbocycles. The maximum absolute atomic E-state index is 13.1. The van der Waals surface area contributed by atoms with E-state index < -0.39 is 6.04 Å². The Labute approximate surface area is 146 Å². The van der Waals surface area contributed by atoms with Gasteiger partial charge < -0.3 is 9.73 Å². The molecule has 1 N–H and O–H groups in total. The van der Waals surface area contributed by atoms with Crippen molar-refractivity contribution in [2.75, 3.05) is 0 Å². The highest BCUT2D eigenvalue weighted by Gasteiger charge is 2.36. The molecule has 0 bridgehead atoms. The van der Waals surface area contributed by atoms with E-state index in [9.17, 15) is 9.59 Å². The third kappa shape index (κ3) is 2.19. The summed E-state index contributed by atoms with van der Waals surface area (Å²) in [5, 5.41) is 3.38. The molecule has 4 nitrogen and oxygen atoms in total. The number of halogens is 1. The fraction of sp³-hybridized carbons (Fsp3) is 0.158. The van der Waals surface area contributed by atoms with Gasteiger partial charge in [0.2, 0.25) is 5.76 Å². The lowest BCUT2D eigenvalue weighted by Crippen LogP contribution is -2.21. The minimum Gasteiger partial charge on any atom is -0.450 e. The Hall–Kier alpha value is -2.40. The van der Waals surface area contributed by atoms with Crippen LogP contribution in [0.5, 0.6) is 0 Å². The van der Waals surface area contributed by atoms with Crippen molar-refractivity contribution in [2.24, 2.45) is 0 Å². The quantitative estimate of drug-likeness (QED) is 0.690. The van der Waals surface area contributed by atoms with E-state index in [1.54, 1.807) is 0 Å². The third-order valence-electron chi connectivity index (χ3n) is 4.33. The molecule has 0 radical (unpaired) electrons. The Balaban J connectivity index is 2.02. The van der Waals surface area contributed by atoms with E-state index in [4.69, 9.17) is 4.42 Å². The smallest absolute Gasteiger partial charge is 0.288 e. The predicted octanol–water partition coefficient (Wildman–Crippen LogP) is 4.01. The molecule has 0 spiro atoms. The zero-order valence-electron chi connectivity index (χ0n) is 13.1. The highest BCUT2D eigenvalue weighted by molar-refractivity contribution is 9.10. The molecule has 120 valence electrons. The average molecular weight is 384 g/mol. The highest BCUT2D eigenvalue weighted by atomic mass is 79.9. The minimum atomic E-state index is -0.484. The summed E-state index contributed by atoms with van der Waals surface area (Å²) >= 11 is 3.39. The lowest BCUT2D eigenvalue weighted by atomic mass is 9.98. The van der Waals surface area contributed by atoms with Gasteiger partial charge >= 0.3 is 0 Å². The van der Waals surface area contributed by atoms with Crippen molar-refractivity contribution in [3.05, 3.63) is 79.1 Å².